The van der Waals surface area contributed by atoms with Crippen LogP contribution in [0.3, 0.4) is 0 Å². The van der Waals surface area contributed by atoms with Gasteiger partial charge in [-0.05, 0) is 31.2 Å². The van der Waals surface area contributed by atoms with Gasteiger partial charge in [0.2, 0.25) is 5.91 Å². The normalized spacial score (nSPS) is 11.9. The Morgan fingerprint density at radius 1 is 1.53 bits per heavy atom. The molecule has 2 N–H and O–H groups in total. The molecule has 0 bridgehead atoms. The molecule has 0 saturated heterocycles. The minimum absolute atomic E-state index is 0.0371. The molecule has 3 nitrogen and oxygen atoms in total. The van der Waals surface area contributed by atoms with Crippen molar-refractivity contribution in [1.82, 2.24) is 10.6 Å². The van der Waals surface area contributed by atoms with Crippen molar-refractivity contribution in [3.63, 3.8) is 0 Å². The lowest BCUT2D eigenvalue weighted by atomic mass is 10.1. The van der Waals surface area contributed by atoms with Crippen LogP contribution in [0.25, 0.3) is 0 Å². The summed E-state index contributed by atoms with van der Waals surface area (Å²) in [5.41, 5.74) is 1.25. The molecule has 1 aromatic rings. The van der Waals surface area contributed by atoms with E-state index < -0.39 is 0 Å². The standard InChI is InChI=1S/C15H22N2OS/c1-4-9-17-15(18)11-19-14-8-6-7-13(10-14)12(3)16-5-2/h4,6-8,10,12,16H,1,5,9,11H2,2-3H3,(H,17,18). The summed E-state index contributed by atoms with van der Waals surface area (Å²) >= 11 is 1.55. The maximum Gasteiger partial charge on any atom is 0.230 e. The van der Waals surface area contributed by atoms with Gasteiger partial charge >= 0.3 is 0 Å². The van der Waals surface area contributed by atoms with Gasteiger partial charge in [-0.1, -0.05) is 25.1 Å². The van der Waals surface area contributed by atoms with E-state index in [0.29, 0.717) is 18.3 Å². The molecule has 0 aliphatic carbocycles. The van der Waals surface area contributed by atoms with E-state index in [1.54, 1.807) is 17.8 Å². The van der Waals surface area contributed by atoms with Gasteiger partial charge < -0.3 is 10.6 Å². The first kappa shape index (κ1) is 15.8. The Morgan fingerprint density at radius 2 is 2.32 bits per heavy atom. The van der Waals surface area contributed by atoms with Gasteiger partial charge in [-0.3, -0.25) is 4.79 Å². The third-order valence-corrected chi connectivity index (χ3v) is 3.68. The highest BCUT2D eigenvalue weighted by atomic mass is 32.2. The van der Waals surface area contributed by atoms with Crippen LogP contribution in [0.15, 0.2) is 41.8 Å². The van der Waals surface area contributed by atoms with Crippen molar-refractivity contribution in [1.29, 1.82) is 0 Å². The lowest BCUT2D eigenvalue weighted by molar-refractivity contribution is -0.118. The molecule has 4 heteroatoms. The molecule has 0 saturated carbocycles. The Labute approximate surface area is 119 Å². The molecule has 1 rings (SSSR count). The zero-order chi connectivity index (χ0) is 14.1. The smallest absolute Gasteiger partial charge is 0.230 e. The molecule has 1 aromatic carbocycles. The van der Waals surface area contributed by atoms with Gasteiger partial charge in [0.15, 0.2) is 0 Å². The van der Waals surface area contributed by atoms with E-state index in [2.05, 4.69) is 43.2 Å². The van der Waals surface area contributed by atoms with Gasteiger partial charge in [-0.15, -0.1) is 18.3 Å². The van der Waals surface area contributed by atoms with E-state index in [-0.39, 0.29) is 5.91 Å². The van der Waals surface area contributed by atoms with Crippen LogP contribution in [-0.2, 0) is 4.79 Å². The number of carbonyl (C=O) groups is 1. The number of hydrogen-bond acceptors (Lipinski definition) is 3. The first-order chi connectivity index (χ1) is 9.17. The molecule has 0 radical (unpaired) electrons. The summed E-state index contributed by atoms with van der Waals surface area (Å²) < 4.78 is 0. The Balaban J connectivity index is 2.52. The van der Waals surface area contributed by atoms with Crippen LogP contribution in [-0.4, -0.2) is 24.7 Å². The van der Waals surface area contributed by atoms with E-state index in [4.69, 9.17) is 0 Å². The quantitative estimate of drug-likeness (QED) is 0.567. The van der Waals surface area contributed by atoms with Crippen molar-refractivity contribution < 1.29 is 4.79 Å². The van der Waals surface area contributed by atoms with Crippen LogP contribution >= 0.6 is 11.8 Å². The molecule has 0 heterocycles. The van der Waals surface area contributed by atoms with Gasteiger partial charge in [0.25, 0.3) is 0 Å². The zero-order valence-corrected chi connectivity index (χ0v) is 12.4. The first-order valence-corrected chi connectivity index (χ1v) is 7.49. The number of rotatable bonds is 8. The molecule has 1 unspecified atom stereocenters. The van der Waals surface area contributed by atoms with E-state index in [0.717, 1.165) is 11.4 Å². The fourth-order valence-corrected chi connectivity index (χ4v) is 2.48. The third kappa shape index (κ3) is 5.94. The summed E-state index contributed by atoms with van der Waals surface area (Å²) in [6, 6.07) is 8.65. The number of nitrogens with one attached hydrogen (secondary N) is 2. The van der Waals surface area contributed by atoms with Gasteiger partial charge in [-0.25, -0.2) is 0 Å². The van der Waals surface area contributed by atoms with Crippen molar-refractivity contribution in [3.8, 4) is 0 Å². The highest BCUT2D eigenvalue weighted by Gasteiger charge is 2.06. The highest BCUT2D eigenvalue weighted by Crippen LogP contribution is 2.22. The van der Waals surface area contributed by atoms with Gasteiger partial charge in [-0.2, -0.15) is 0 Å². The topological polar surface area (TPSA) is 41.1 Å². The molecule has 0 aliphatic rings. The molecule has 19 heavy (non-hydrogen) atoms. The first-order valence-electron chi connectivity index (χ1n) is 6.51. The van der Waals surface area contributed by atoms with Crippen molar-refractivity contribution in [2.45, 2.75) is 24.8 Å². The van der Waals surface area contributed by atoms with Crippen LogP contribution in [0.5, 0.6) is 0 Å². The Bertz CT molecular complexity index is 420. The summed E-state index contributed by atoms with van der Waals surface area (Å²) in [6.45, 7) is 9.28. The number of benzene rings is 1. The van der Waals surface area contributed by atoms with Crippen molar-refractivity contribution >= 4 is 17.7 Å². The Morgan fingerprint density at radius 3 is 3.00 bits per heavy atom. The predicted octanol–water partition coefficient (Wildman–Crippen LogP) is 2.75. The predicted molar refractivity (Wildman–Crippen MR) is 82.5 cm³/mol. The summed E-state index contributed by atoms with van der Waals surface area (Å²) in [6.07, 6.45) is 1.68. The average Bonchev–Trinajstić information content (AvgIpc) is 2.43. The van der Waals surface area contributed by atoms with Gasteiger partial charge in [0.1, 0.15) is 0 Å². The van der Waals surface area contributed by atoms with E-state index in [1.165, 1.54) is 5.56 Å². The molecule has 0 spiro atoms. The molecule has 0 fully saturated rings. The molecule has 0 aromatic heterocycles. The molecule has 0 aliphatic heterocycles. The van der Waals surface area contributed by atoms with Crippen molar-refractivity contribution in [2.24, 2.45) is 0 Å². The lowest BCUT2D eigenvalue weighted by Gasteiger charge is -2.13. The number of carbonyl (C=O) groups excluding carboxylic acids is 1. The average molecular weight is 278 g/mol. The minimum atomic E-state index is 0.0371. The SMILES string of the molecule is C=CCNC(=O)CSc1cccc(C(C)NCC)c1. The zero-order valence-electron chi connectivity index (χ0n) is 11.6. The van der Waals surface area contributed by atoms with Crippen LogP contribution in [0.4, 0.5) is 0 Å². The second-order valence-electron chi connectivity index (χ2n) is 4.23. The van der Waals surface area contributed by atoms with E-state index in [9.17, 15) is 4.79 Å². The van der Waals surface area contributed by atoms with Gasteiger partial charge in [0.05, 0.1) is 5.75 Å². The van der Waals surface area contributed by atoms with Crippen LogP contribution in [0.1, 0.15) is 25.5 Å². The Hall–Kier alpha value is -1.26. The van der Waals surface area contributed by atoms with Crippen LogP contribution in [0.2, 0.25) is 0 Å². The number of hydrogen-bond donors (Lipinski definition) is 2. The Kier molecular flexibility index (Phi) is 7.30. The van der Waals surface area contributed by atoms with Gasteiger partial charge in [0, 0.05) is 17.5 Å². The lowest BCUT2D eigenvalue weighted by Crippen LogP contribution is -2.24. The summed E-state index contributed by atoms with van der Waals surface area (Å²) in [4.78, 5) is 12.6. The largest absolute Gasteiger partial charge is 0.352 e. The van der Waals surface area contributed by atoms with Crippen LogP contribution < -0.4 is 10.6 Å². The fraction of sp³-hybridized carbons (Fsp3) is 0.400. The molecule has 1 atom stereocenters. The summed E-state index contributed by atoms with van der Waals surface area (Å²) in [5.74, 6) is 0.474. The minimum Gasteiger partial charge on any atom is -0.352 e. The van der Waals surface area contributed by atoms with Crippen LogP contribution in [0, 0.1) is 0 Å². The number of amides is 1. The molecular formula is C15H22N2OS. The maximum absolute atomic E-state index is 11.5. The second kappa shape index (κ2) is 8.77. The highest BCUT2D eigenvalue weighted by molar-refractivity contribution is 8.00. The molecular weight excluding hydrogens is 256 g/mol. The van der Waals surface area contributed by atoms with Crippen molar-refractivity contribution in [3.05, 3.63) is 42.5 Å². The van der Waals surface area contributed by atoms with E-state index >= 15 is 0 Å². The summed E-state index contributed by atoms with van der Waals surface area (Å²) in [7, 11) is 0. The summed E-state index contributed by atoms with van der Waals surface area (Å²) in [5, 5.41) is 6.15. The monoisotopic (exact) mass is 278 g/mol. The fourth-order valence-electron chi connectivity index (χ4n) is 1.68. The van der Waals surface area contributed by atoms with Crippen molar-refractivity contribution in [2.75, 3.05) is 18.8 Å². The van der Waals surface area contributed by atoms with E-state index in [1.807, 2.05) is 12.1 Å². The third-order valence-electron chi connectivity index (χ3n) is 2.68. The molecule has 104 valence electrons. The second-order valence-corrected chi connectivity index (χ2v) is 5.28. The number of thioether (sulfide) groups is 1. The molecule has 1 amide bonds. The maximum atomic E-state index is 11.5.